The number of methoxy groups -OCH3 is 1. The van der Waals surface area contributed by atoms with E-state index in [0.717, 1.165) is 34.0 Å². The topological polar surface area (TPSA) is 53.1 Å². The van der Waals surface area contributed by atoms with E-state index in [2.05, 4.69) is 15.6 Å². The lowest BCUT2D eigenvalue weighted by molar-refractivity contribution is 0.186. The van der Waals surface area contributed by atoms with Crippen molar-refractivity contribution >= 4 is 34.4 Å². The molecule has 0 spiro atoms. The van der Waals surface area contributed by atoms with Gasteiger partial charge in [-0.25, -0.2) is 9.97 Å². The lowest BCUT2D eigenvalue weighted by Crippen LogP contribution is -2.05. The minimum atomic E-state index is 0.593. The highest BCUT2D eigenvalue weighted by atomic mass is 35.5. The number of oxazole rings is 1. The number of hydrogen-bond donors (Lipinski definition) is 0. The van der Waals surface area contributed by atoms with Crippen LogP contribution in [0.1, 0.15) is 5.69 Å². The number of ether oxygens (including phenoxy) is 1. The molecule has 0 N–H and O–H groups in total. The molecule has 7 heteroatoms. The molecule has 0 saturated carbocycles. The fraction of sp³-hybridized carbons (Fsp3) is 0.200. The van der Waals surface area contributed by atoms with Gasteiger partial charge in [-0.3, -0.25) is 0 Å². The van der Waals surface area contributed by atoms with Gasteiger partial charge in [0.15, 0.2) is 5.16 Å². The quantitative estimate of drug-likeness (QED) is 0.395. The molecule has 0 radical (unpaired) electrons. The number of nitrogens with zero attached hydrogens (tertiary/aromatic N) is 3. The summed E-state index contributed by atoms with van der Waals surface area (Å²) in [5, 5.41) is 1.64. The third-order valence-corrected chi connectivity index (χ3v) is 5.39. The number of rotatable bonds is 7. The first-order valence-corrected chi connectivity index (χ1v) is 9.88. The predicted octanol–water partition coefficient (Wildman–Crippen LogP) is 5.28. The second kappa shape index (κ2) is 8.17. The van der Waals surface area contributed by atoms with Crippen LogP contribution in [0, 0.1) is 0 Å². The van der Waals surface area contributed by atoms with E-state index in [1.165, 1.54) is 0 Å². The maximum atomic E-state index is 5.93. The normalized spacial score (nSPS) is 11.3. The Bertz CT molecular complexity index is 1040. The SMILES string of the molecule is COCCn1c(SCc2coc(-c3ccc(Cl)cc3)n2)nc2ccccc21. The Morgan fingerprint density at radius 1 is 1.11 bits per heavy atom. The molecule has 0 atom stereocenters. The van der Waals surface area contributed by atoms with Gasteiger partial charge in [0, 0.05) is 30.0 Å². The van der Waals surface area contributed by atoms with Gasteiger partial charge in [0.25, 0.3) is 0 Å². The molecular weight excluding hydrogens is 382 g/mol. The van der Waals surface area contributed by atoms with E-state index in [1.807, 2.05) is 42.5 Å². The first-order valence-electron chi connectivity index (χ1n) is 8.52. The summed E-state index contributed by atoms with van der Waals surface area (Å²) in [7, 11) is 1.71. The summed E-state index contributed by atoms with van der Waals surface area (Å²) in [6.45, 7) is 1.40. The van der Waals surface area contributed by atoms with Crippen molar-refractivity contribution in [3.63, 3.8) is 0 Å². The highest BCUT2D eigenvalue weighted by Gasteiger charge is 2.13. The van der Waals surface area contributed by atoms with Crippen molar-refractivity contribution in [2.45, 2.75) is 17.5 Å². The molecule has 2 aromatic carbocycles. The molecule has 0 bridgehead atoms. The van der Waals surface area contributed by atoms with Crippen molar-refractivity contribution in [3.8, 4) is 11.5 Å². The Morgan fingerprint density at radius 2 is 1.93 bits per heavy atom. The fourth-order valence-corrected chi connectivity index (χ4v) is 3.84. The van der Waals surface area contributed by atoms with E-state index in [-0.39, 0.29) is 0 Å². The smallest absolute Gasteiger partial charge is 0.226 e. The molecule has 2 heterocycles. The molecule has 138 valence electrons. The molecular formula is C20H18ClN3O2S. The fourth-order valence-electron chi connectivity index (χ4n) is 2.80. The predicted molar refractivity (Wildman–Crippen MR) is 108 cm³/mol. The van der Waals surface area contributed by atoms with Crippen LogP contribution < -0.4 is 0 Å². The zero-order valence-corrected chi connectivity index (χ0v) is 16.3. The van der Waals surface area contributed by atoms with Gasteiger partial charge >= 0.3 is 0 Å². The molecule has 2 aromatic heterocycles. The summed E-state index contributed by atoms with van der Waals surface area (Å²) in [6.07, 6.45) is 1.69. The van der Waals surface area contributed by atoms with Gasteiger partial charge < -0.3 is 13.7 Å². The van der Waals surface area contributed by atoms with Gasteiger partial charge in [0.2, 0.25) is 5.89 Å². The minimum absolute atomic E-state index is 0.593. The van der Waals surface area contributed by atoms with Crippen molar-refractivity contribution < 1.29 is 9.15 Å². The second-order valence-electron chi connectivity index (χ2n) is 5.97. The molecule has 0 amide bonds. The highest BCUT2D eigenvalue weighted by molar-refractivity contribution is 7.98. The lowest BCUT2D eigenvalue weighted by atomic mass is 10.2. The molecule has 0 aliphatic carbocycles. The summed E-state index contributed by atoms with van der Waals surface area (Å²) < 4.78 is 13.1. The Balaban J connectivity index is 1.52. The largest absolute Gasteiger partial charge is 0.444 e. The molecule has 0 unspecified atom stereocenters. The van der Waals surface area contributed by atoms with E-state index in [4.69, 9.17) is 25.7 Å². The van der Waals surface area contributed by atoms with E-state index in [9.17, 15) is 0 Å². The van der Waals surface area contributed by atoms with Crippen LogP contribution in [0.2, 0.25) is 5.02 Å². The zero-order valence-electron chi connectivity index (χ0n) is 14.8. The van der Waals surface area contributed by atoms with Crippen LogP contribution in [-0.2, 0) is 17.0 Å². The molecule has 0 aliphatic rings. The van der Waals surface area contributed by atoms with Gasteiger partial charge in [0.05, 0.1) is 23.3 Å². The Morgan fingerprint density at radius 3 is 2.74 bits per heavy atom. The number of hydrogen-bond acceptors (Lipinski definition) is 5. The van der Waals surface area contributed by atoms with Gasteiger partial charge in [0.1, 0.15) is 6.26 Å². The Kier molecular flexibility index (Phi) is 5.48. The summed E-state index contributed by atoms with van der Waals surface area (Å²) in [6, 6.07) is 15.6. The first kappa shape index (κ1) is 18.1. The lowest BCUT2D eigenvalue weighted by Gasteiger charge is -2.07. The molecule has 4 rings (SSSR count). The van der Waals surface area contributed by atoms with Crippen LogP contribution in [0.3, 0.4) is 0 Å². The van der Waals surface area contributed by atoms with Crippen LogP contribution in [-0.4, -0.2) is 28.3 Å². The van der Waals surface area contributed by atoms with Gasteiger partial charge in [-0.05, 0) is 36.4 Å². The Labute approximate surface area is 166 Å². The Hall–Kier alpha value is -2.28. The number of fused-ring (bicyclic) bond motifs is 1. The van der Waals surface area contributed by atoms with Gasteiger partial charge in [-0.2, -0.15) is 0 Å². The van der Waals surface area contributed by atoms with E-state index >= 15 is 0 Å². The molecule has 0 saturated heterocycles. The average Bonchev–Trinajstić information content (AvgIpc) is 3.30. The number of para-hydroxylation sites is 2. The molecule has 5 nitrogen and oxygen atoms in total. The minimum Gasteiger partial charge on any atom is -0.444 e. The highest BCUT2D eigenvalue weighted by Crippen LogP contribution is 2.28. The van der Waals surface area contributed by atoms with Gasteiger partial charge in [-0.15, -0.1) is 0 Å². The third kappa shape index (κ3) is 4.03. The molecule has 27 heavy (non-hydrogen) atoms. The van der Waals surface area contributed by atoms with Crippen LogP contribution in [0.15, 0.2) is 64.4 Å². The maximum Gasteiger partial charge on any atom is 0.226 e. The number of benzene rings is 2. The standard InChI is InChI=1S/C20H18ClN3O2S/c1-25-11-10-24-18-5-3-2-4-17(18)23-20(24)27-13-16-12-26-19(22-16)14-6-8-15(21)9-7-14/h2-9,12H,10-11,13H2,1H3. The maximum absolute atomic E-state index is 5.93. The molecule has 4 aromatic rings. The van der Waals surface area contributed by atoms with E-state index in [0.29, 0.717) is 23.3 Å². The summed E-state index contributed by atoms with van der Waals surface area (Å²) in [5.41, 5.74) is 3.87. The zero-order chi connectivity index (χ0) is 18.6. The number of imidazole rings is 1. The van der Waals surface area contributed by atoms with Crippen LogP contribution >= 0.6 is 23.4 Å². The summed E-state index contributed by atoms with van der Waals surface area (Å²) in [4.78, 5) is 9.33. The third-order valence-electron chi connectivity index (χ3n) is 4.13. The number of aromatic nitrogens is 3. The summed E-state index contributed by atoms with van der Waals surface area (Å²) in [5.74, 6) is 1.27. The van der Waals surface area contributed by atoms with Crippen molar-refractivity contribution in [3.05, 3.63) is 65.5 Å². The molecule has 0 fully saturated rings. The van der Waals surface area contributed by atoms with E-state index in [1.54, 1.807) is 25.1 Å². The number of halogens is 1. The summed E-state index contributed by atoms with van der Waals surface area (Å²) >= 11 is 7.57. The monoisotopic (exact) mass is 399 g/mol. The van der Waals surface area contributed by atoms with Crippen molar-refractivity contribution in [1.82, 2.24) is 14.5 Å². The van der Waals surface area contributed by atoms with Crippen molar-refractivity contribution in [2.75, 3.05) is 13.7 Å². The van der Waals surface area contributed by atoms with Crippen molar-refractivity contribution in [2.24, 2.45) is 0 Å². The number of thioether (sulfide) groups is 1. The average molecular weight is 400 g/mol. The molecule has 0 aliphatic heterocycles. The van der Waals surface area contributed by atoms with Crippen LogP contribution in [0.25, 0.3) is 22.5 Å². The second-order valence-corrected chi connectivity index (χ2v) is 7.35. The van der Waals surface area contributed by atoms with Gasteiger partial charge in [-0.1, -0.05) is 35.5 Å². The van der Waals surface area contributed by atoms with Crippen LogP contribution in [0.4, 0.5) is 0 Å². The van der Waals surface area contributed by atoms with Crippen LogP contribution in [0.5, 0.6) is 0 Å². The van der Waals surface area contributed by atoms with E-state index < -0.39 is 0 Å². The van der Waals surface area contributed by atoms with Crippen molar-refractivity contribution in [1.29, 1.82) is 0 Å². The first-order chi connectivity index (χ1) is 13.2.